The lowest BCUT2D eigenvalue weighted by Crippen LogP contribution is -2.56. The molecule has 4 bridgehead atoms. The van der Waals surface area contributed by atoms with E-state index < -0.39 is 0 Å². The summed E-state index contributed by atoms with van der Waals surface area (Å²) in [4.78, 5) is 12.2. The van der Waals surface area contributed by atoms with E-state index in [0.717, 1.165) is 24.7 Å². The van der Waals surface area contributed by atoms with Crippen molar-refractivity contribution in [3.05, 3.63) is 0 Å². The molecular weight excluding hydrogens is 250 g/mol. The minimum atomic E-state index is -0.343. The van der Waals surface area contributed by atoms with Crippen LogP contribution in [0.2, 0.25) is 0 Å². The average Bonchev–Trinajstić information content (AvgIpc) is 2.32. The van der Waals surface area contributed by atoms with Gasteiger partial charge in [-0.05, 0) is 76.0 Å². The van der Waals surface area contributed by atoms with Crippen LogP contribution in [0.4, 0.5) is 4.79 Å². The Bertz CT molecular complexity index is 349. The summed E-state index contributed by atoms with van der Waals surface area (Å²) < 4.78 is 5.63. The predicted molar refractivity (Wildman–Crippen MR) is 79.4 cm³/mol. The van der Waals surface area contributed by atoms with Crippen molar-refractivity contribution in [1.29, 1.82) is 0 Å². The van der Waals surface area contributed by atoms with E-state index in [1.54, 1.807) is 0 Å². The number of rotatable bonds is 4. The van der Waals surface area contributed by atoms with Crippen molar-refractivity contribution >= 4 is 6.09 Å². The molecule has 4 aliphatic carbocycles. The fraction of sp³-hybridized carbons (Fsp3) is 0.941. The summed E-state index contributed by atoms with van der Waals surface area (Å²) in [6.07, 6.45) is 8.54. The quantitative estimate of drug-likeness (QED) is 0.840. The third-order valence-corrected chi connectivity index (χ3v) is 5.73. The largest absolute Gasteiger partial charge is 0.444 e. The van der Waals surface area contributed by atoms with Crippen molar-refractivity contribution in [2.45, 2.75) is 77.4 Å². The van der Waals surface area contributed by atoms with Gasteiger partial charge in [0.1, 0.15) is 5.60 Å². The van der Waals surface area contributed by atoms with Gasteiger partial charge in [0.05, 0.1) is 0 Å². The topological polar surface area (TPSA) is 38.3 Å². The molecule has 20 heavy (non-hydrogen) atoms. The zero-order valence-electron chi connectivity index (χ0n) is 13.2. The molecule has 0 aromatic carbocycles. The maximum Gasteiger partial charge on any atom is 0.407 e. The van der Waals surface area contributed by atoms with E-state index in [-0.39, 0.29) is 11.7 Å². The van der Waals surface area contributed by atoms with Gasteiger partial charge in [-0.2, -0.15) is 0 Å². The van der Waals surface area contributed by atoms with Gasteiger partial charge >= 0.3 is 6.09 Å². The van der Waals surface area contributed by atoms with Crippen LogP contribution in [0.25, 0.3) is 0 Å². The van der Waals surface area contributed by atoms with E-state index in [9.17, 15) is 4.79 Å². The molecule has 4 saturated carbocycles. The van der Waals surface area contributed by atoms with Crippen molar-refractivity contribution in [1.82, 2.24) is 5.32 Å². The number of carbonyl (C=O) groups is 1. The Kier molecular flexibility index (Phi) is 3.72. The number of alkyl carbamates (subject to hydrolysis) is 1. The van der Waals surface area contributed by atoms with Gasteiger partial charge in [-0.25, -0.2) is 4.79 Å². The highest BCUT2D eigenvalue weighted by Gasteiger charge is 2.48. The summed E-state index contributed by atoms with van der Waals surface area (Å²) in [5, 5.41) is 3.22. The van der Waals surface area contributed by atoms with E-state index >= 15 is 0 Å². The van der Waals surface area contributed by atoms with Crippen LogP contribution in [0.5, 0.6) is 0 Å². The van der Waals surface area contributed by atoms with Gasteiger partial charge in [-0.1, -0.05) is 13.3 Å². The van der Waals surface area contributed by atoms with E-state index in [2.05, 4.69) is 12.2 Å². The summed E-state index contributed by atoms with van der Waals surface area (Å²) in [5.41, 5.74) is -0.343. The molecule has 4 fully saturated rings. The second-order valence-electron chi connectivity index (χ2n) is 8.00. The Balaban J connectivity index is 1.57. The minimum Gasteiger partial charge on any atom is -0.444 e. The van der Waals surface area contributed by atoms with E-state index in [1.807, 2.05) is 13.8 Å². The Hall–Kier alpha value is -0.730. The molecule has 0 spiro atoms. The molecule has 0 heterocycles. The molecule has 3 heteroatoms. The molecule has 1 N–H and O–H groups in total. The molecule has 0 saturated heterocycles. The Labute approximate surface area is 122 Å². The predicted octanol–water partition coefficient (Wildman–Crippen LogP) is 4.12. The Morgan fingerprint density at radius 3 is 2.15 bits per heavy atom. The van der Waals surface area contributed by atoms with Gasteiger partial charge in [0, 0.05) is 6.04 Å². The third-order valence-electron chi connectivity index (χ3n) is 5.73. The highest BCUT2D eigenvalue weighted by Crippen LogP contribution is 2.53. The lowest BCUT2D eigenvalue weighted by molar-refractivity contribution is -0.0230. The van der Waals surface area contributed by atoms with E-state index in [0.29, 0.717) is 17.9 Å². The van der Waals surface area contributed by atoms with Crippen LogP contribution in [-0.4, -0.2) is 17.7 Å². The summed E-state index contributed by atoms with van der Waals surface area (Å²) >= 11 is 0. The van der Waals surface area contributed by atoms with Crippen molar-refractivity contribution in [3.63, 3.8) is 0 Å². The van der Waals surface area contributed by atoms with Gasteiger partial charge in [0.15, 0.2) is 0 Å². The molecule has 0 radical (unpaired) electrons. The maximum absolute atomic E-state index is 12.2. The summed E-state index contributed by atoms with van der Waals surface area (Å²) in [6.45, 7) is 6.14. The van der Waals surface area contributed by atoms with Gasteiger partial charge in [-0.3, -0.25) is 0 Å². The first-order valence-corrected chi connectivity index (χ1v) is 8.46. The normalized spacial score (nSPS) is 38.9. The molecular formula is C17H29NO2. The van der Waals surface area contributed by atoms with Gasteiger partial charge in [0.25, 0.3) is 0 Å². The molecule has 114 valence electrons. The number of hydrogen-bond acceptors (Lipinski definition) is 2. The van der Waals surface area contributed by atoms with Crippen molar-refractivity contribution in [3.8, 4) is 0 Å². The van der Waals surface area contributed by atoms with Crippen molar-refractivity contribution in [2.75, 3.05) is 0 Å². The van der Waals surface area contributed by atoms with Gasteiger partial charge in [-0.15, -0.1) is 0 Å². The fourth-order valence-electron chi connectivity index (χ4n) is 5.23. The monoisotopic (exact) mass is 279 g/mol. The fourth-order valence-corrected chi connectivity index (χ4v) is 5.23. The van der Waals surface area contributed by atoms with Crippen LogP contribution in [0.15, 0.2) is 0 Å². The number of amides is 1. The SMILES string of the molecule is CCCC(C)(C)OC(=O)NC1C2CC3CC(C2)CC1C3. The number of hydrogen-bond donors (Lipinski definition) is 1. The zero-order valence-corrected chi connectivity index (χ0v) is 13.2. The molecule has 0 aromatic heterocycles. The average molecular weight is 279 g/mol. The lowest BCUT2D eigenvalue weighted by atomic mass is 9.54. The molecule has 1 amide bonds. The standard InChI is InChI=1S/C17H29NO2/c1-4-5-17(2,3)20-16(19)18-15-13-7-11-6-12(9-13)10-14(15)8-11/h11-15H,4-10H2,1-3H3,(H,18,19). The molecule has 4 rings (SSSR count). The second kappa shape index (κ2) is 5.23. The Morgan fingerprint density at radius 2 is 1.65 bits per heavy atom. The molecule has 0 aromatic rings. The minimum absolute atomic E-state index is 0.194. The maximum atomic E-state index is 12.2. The van der Waals surface area contributed by atoms with E-state index in [4.69, 9.17) is 4.74 Å². The van der Waals surface area contributed by atoms with Crippen LogP contribution < -0.4 is 5.32 Å². The first-order valence-electron chi connectivity index (χ1n) is 8.46. The highest BCUT2D eigenvalue weighted by molar-refractivity contribution is 5.68. The first-order chi connectivity index (χ1) is 9.47. The molecule has 4 aliphatic rings. The number of carbonyl (C=O) groups excluding carboxylic acids is 1. The number of ether oxygens (including phenoxy) is 1. The van der Waals surface area contributed by atoms with Crippen LogP contribution >= 0.6 is 0 Å². The molecule has 3 nitrogen and oxygen atoms in total. The third kappa shape index (κ3) is 2.82. The summed E-state index contributed by atoms with van der Waals surface area (Å²) in [6, 6.07) is 0.382. The first kappa shape index (κ1) is 14.2. The molecule has 0 atom stereocenters. The lowest BCUT2D eigenvalue weighted by Gasteiger charge is -2.54. The van der Waals surface area contributed by atoms with Gasteiger partial charge in [0.2, 0.25) is 0 Å². The van der Waals surface area contributed by atoms with Gasteiger partial charge < -0.3 is 10.1 Å². The second-order valence-corrected chi connectivity index (χ2v) is 8.00. The van der Waals surface area contributed by atoms with Crippen LogP contribution in [0.1, 0.15) is 65.7 Å². The van der Waals surface area contributed by atoms with Crippen molar-refractivity contribution in [2.24, 2.45) is 23.7 Å². The van der Waals surface area contributed by atoms with Crippen LogP contribution in [-0.2, 0) is 4.74 Å². The summed E-state index contributed by atoms with van der Waals surface area (Å²) in [5.74, 6) is 3.33. The molecule has 0 aliphatic heterocycles. The zero-order chi connectivity index (χ0) is 14.3. The van der Waals surface area contributed by atoms with Crippen molar-refractivity contribution < 1.29 is 9.53 Å². The Morgan fingerprint density at radius 1 is 1.10 bits per heavy atom. The highest BCUT2D eigenvalue weighted by atomic mass is 16.6. The van der Waals surface area contributed by atoms with Crippen LogP contribution in [0.3, 0.4) is 0 Å². The number of nitrogens with one attached hydrogen (secondary N) is 1. The molecule has 0 unspecified atom stereocenters. The summed E-state index contributed by atoms with van der Waals surface area (Å²) in [7, 11) is 0. The van der Waals surface area contributed by atoms with Crippen LogP contribution in [0, 0.1) is 23.7 Å². The smallest absolute Gasteiger partial charge is 0.407 e. The van der Waals surface area contributed by atoms with E-state index in [1.165, 1.54) is 32.1 Å².